The molecule has 1 aromatic carbocycles. The van der Waals surface area contributed by atoms with E-state index in [2.05, 4.69) is 45.1 Å². The Balaban J connectivity index is 2.49. The maximum Gasteiger partial charge on any atom is 0.222 e. The van der Waals surface area contributed by atoms with Gasteiger partial charge in [-0.3, -0.25) is 9.59 Å². The molecule has 0 spiro atoms. The van der Waals surface area contributed by atoms with Gasteiger partial charge in [-0.2, -0.15) is 0 Å². The predicted molar refractivity (Wildman–Crippen MR) is 108 cm³/mol. The highest BCUT2D eigenvalue weighted by Crippen LogP contribution is 2.21. The van der Waals surface area contributed by atoms with E-state index < -0.39 is 0 Å². The maximum atomic E-state index is 12.4. The number of amides is 2. The molecule has 0 saturated carbocycles. The number of nitrogens with one attached hydrogen (secondary N) is 1. The van der Waals surface area contributed by atoms with Crippen molar-refractivity contribution in [3.63, 3.8) is 0 Å². The molecule has 0 aromatic heterocycles. The summed E-state index contributed by atoms with van der Waals surface area (Å²) in [7, 11) is 0. The molecule has 2 amide bonds. The van der Waals surface area contributed by atoms with Gasteiger partial charge in [-0.25, -0.2) is 0 Å². The van der Waals surface area contributed by atoms with Gasteiger partial charge < -0.3 is 10.2 Å². The summed E-state index contributed by atoms with van der Waals surface area (Å²) in [5.41, 5.74) is 1.14. The van der Waals surface area contributed by atoms with Gasteiger partial charge in [0.15, 0.2) is 0 Å². The van der Waals surface area contributed by atoms with E-state index in [1.165, 1.54) is 0 Å². The summed E-state index contributed by atoms with van der Waals surface area (Å²) in [5, 5.41) is 3.15. The average Bonchev–Trinajstić information content (AvgIpc) is 2.61. The first-order valence-corrected chi connectivity index (χ1v) is 10.1. The molecule has 1 rings (SSSR count). The van der Waals surface area contributed by atoms with Crippen LogP contribution in [-0.2, 0) is 9.59 Å². The van der Waals surface area contributed by atoms with E-state index in [1.54, 1.807) is 0 Å². The average molecular weight is 361 g/mol. The van der Waals surface area contributed by atoms with Gasteiger partial charge in [0.25, 0.3) is 0 Å². The Morgan fingerprint density at radius 2 is 1.62 bits per heavy atom. The summed E-state index contributed by atoms with van der Waals surface area (Å²) in [5.74, 6) is 0.701. The fraction of sp³-hybridized carbons (Fsp3) is 0.636. The number of nitrogens with zero attached hydrogens (tertiary/aromatic N) is 1. The lowest BCUT2D eigenvalue weighted by Crippen LogP contribution is -2.33. The predicted octanol–water partition coefficient (Wildman–Crippen LogP) is 4.71. The number of carbonyl (C=O) groups is 2. The molecule has 4 nitrogen and oxygen atoms in total. The molecule has 0 aliphatic rings. The standard InChI is InChI=1S/C22H36N2O2/c1-5-15-24(16-6-2)22(26)14-10-13-21(25)23-20(17-18(3)4)19-11-8-7-9-12-19/h7-9,11-12,18,20H,5-6,10,13-17H2,1-4H3,(H,23,25). The molecule has 0 saturated heterocycles. The fourth-order valence-electron chi connectivity index (χ4n) is 3.16. The van der Waals surface area contributed by atoms with Crippen LogP contribution in [0, 0.1) is 5.92 Å². The van der Waals surface area contributed by atoms with Gasteiger partial charge in [0.2, 0.25) is 11.8 Å². The Hall–Kier alpha value is -1.84. The summed E-state index contributed by atoms with van der Waals surface area (Å²) in [4.78, 5) is 26.6. The molecule has 0 bridgehead atoms. The molecule has 0 heterocycles. The van der Waals surface area contributed by atoms with E-state index in [0.717, 1.165) is 37.9 Å². The summed E-state index contributed by atoms with van der Waals surface area (Å²) < 4.78 is 0. The van der Waals surface area contributed by atoms with E-state index in [4.69, 9.17) is 0 Å². The number of hydrogen-bond acceptors (Lipinski definition) is 2. The van der Waals surface area contributed by atoms with Crippen molar-refractivity contribution in [2.75, 3.05) is 13.1 Å². The van der Waals surface area contributed by atoms with Crippen molar-refractivity contribution in [1.29, 1.82) is 0 Å². The highest BCUT2D eigenvalue weighted by molar-refractivity contribution is 5.79. The van der Waals surface area contributed by atoms with Crippen LogP contribution < -0.4 is 5.32 Å². The molecular formula is C22H36N2O2. The van der Waals surface area contributed by atoms with Crippen molar-refractivity contribution in [1.82, 2.24) is 10.2 Å². The Kier molecular flexibility index (Phi) is 10.7. The van der Waals surface area contributed by atoms with Crippen LogP contribution in [0.15, 0.2) is 30.3 Å². The van der Waals surface area contributed by atoms with Gasteiger partial charge in [0.05, 0.1) is 6.04 Å². The van der Waals surface area contributed by atoms with Gasteiger partial charge in [-0.05, 0) is 37.2 Å². The molecule has 4 heteroatoms. The SMILES string of the molecule is CCCN(CCC)C(=O)CCCC(=O)NC(CC(C)C)c1ccccc1. The third-order valence-corrected chi connectivity index (χ3v) is 4.38. The maximum absolute atomic E-state index is 12.4. The minimum absolute atomic E-state index is 0.0323. The Morgan fingerprint density at radius 3 is 2.15 bits per heavy atom. The van der Waals surface area contributed by atoms with Gasteiger partial charge >= 0.3 is 0 Å². The molecule has 1 atom stereocenters. The molecule has 0 radical (unpaired) electrons. The molecule has 0 aliphatic carbocycles. The quantitative estimate of drug-likeness (QED) is 0.587. The lowest BCUT2D eigenvalue weighted by Gasteiger charge is -2.22. The van der Waals surface area contributed by atoms with Crippen LogP contribution in [0.2, 0.25) is 0 Å². The molecule has 146 valence electrons. The lowest BCUT2D eigenvalue weighted by atomic mass is 9.97. The van der Waals surface area contributed by atoms with Gasteiger partial charge in [-0.1, -0.05) is 58.0 Å². The molecule has 1 unspecified atom stereocenters. The minimum atomic E-state index is 0.0323. The van der Waals surface area contributed by atoms with Crippen LogP contribution in [0.3, 0.4) is 0 Å². The summed E-state index contributed by atoms with van der Waals surface area (Å²) >= 11 is 0. The van der Waals surface area contributed by atoms with Crippen molar-refractivity contribution < 1.29 is 9.59 Å². The monoisotopic (exact) mass is 360 g/mol. The van der Waals surface area contributed by atoms with E-state index in [9.17, 15) is 9.59 Å². The normalized spacial score (nSPS) is 12.0. The first-order valence-electron chi connectivity index (χ1n) is 10.1. The fourth-order valence-corrected chi connectivity index (χ4v) is 3.16. The van der Waals surface area contributed by atoms with E-state index >= 15 is 0 Å². The number of hydrogen-bond donors (Lipinski definition) is 1. The topological polar surface area (TPSA) is 49.4 Å². The van der Waals surface area contributed by atoms with Gasteiger partial charge in [-0.15, -0.1) is 0 Å². The zero-order chi connectivity index (χ0) is 19.4. The number of rotatable bonds is 12. The Labute approximate surface area is 159 Å². The number of benzene rings is 1. The highest BCUT2D eigenvalue weighted by Gasteiger charge is 2.17. The third kappa shape index (κ3) is 8.50. The Morgan fingerprint density at radius 1 is 1.00 bits per heavy atom. The summed E-state index contributed by atoms with van der Waals surface area (Å²) in [6, 6.07) is 10.2. The second kappa shape index (κ2) is 12.5. The molecule has 0 aliphatic heterocycles. The van der Waals surface area contributed by atoms with Crippen molar-refractivity contribution in [2.24, 2.45) is 5.92 Å². The molecular weight excluding hydrogens is 324 g/mol. The third-order valence-electron chi connectivity index (χ3n) is 4.38. The zero-order valence-corrected chi connectivity index (χ0v) is 17.0. The largest absolute Gasteiger partial charge is 0.349 e. The van der Waals surface area contributed by atoms with Crippen LogP contribution in [0.1, 0.15) is 77.8 Å². The second-order valence-corrected chi connectivity index (χ2v) is 7.39. The van der Waals surface area contributed by atoms with Gasteiger partial charge in [0, 0.05) is 25.9 Å². The summed E-state index contributed by atoms with van der Waals surface area (Å²) in [6.07, 6.45) is 4.32. The lowest BCUT2D eigenvalue weighted by molar-refractivity contribution is -0.131. The van der Waals surface area contributed by atoms with Crippen molar-refractivity contribution in [3.8, 4) is 0 Å². The minimum Gasteiger partial charge on any atom is -0.349 e. The highest BCUT2D eigenvalue weighted by atomic mass is 16.2. The smallest absolute Gasteiger partial charge is 0.222 e. The van der Waals surface area contributed by atoms with Crippen LogP contribution in [0.5, 0.6) is 0 Å². The first kappa shape index (κ1) is 22.2. The van der Waals surface area contributed by atoms with Crippen LogP contribution >= 0.6 is 0 Å². The van der Waals surface area contributed by atoms with Crippen LogP contribution in [0.25, 0.3) is 0 Å². The van der Waals surface area contributed by atoms with Crippen molar-refractivity contribution in [2.45, 2.75) is 72.3 Å². The van der Waals surface area contributed by atoms with Gasteiger partial charge in [0.1, 0.15) is 0 Å². The van der Waals surface area contributed by atoms with Crippen molar-refractivity contribution >= 4 is 11.8 Å². The molecule has 1 aromatic rings. The second-order valence-electron chi connectivity index (χ2n) is 7.39. The van der Waals surface area contributed by atoms with E-state index in [1.807, 2.05) is 23.1 Å². The number of carbonyl (C=O) groups excluding carboxylic acids is 2. The van der Waals surface area contributed by atoms with Crippen LogP contribution in [-0.4, -0.2) is 29.8 Å². The molecule has 26 heavy (non-hydrogen) atoms. The van der Waals surface area contributed by atoms with Crippen molar-refractivity contribution in [3.05, 3.63) is 35.9 Å². The molecule has 0 fully saturated rings. The van der Waals surface area contributed by atoms with E-state index in [0.29, 0.717) is 25.2 Å². The van der Waals surface area contributed by atoms with E-state index in [-0.39, 0.29) is 17.9 Å². The van der Waals surface area contributed by atoms with Crippen LogP contribution in [0.4, 0.5) is 0 Å². The first-order chi connectivity index (χ1) is 12.5. The zero-order valence-electron chi connectivity index (χ0n) is 17.0. The molecule has 1 N–H and O–H groups in total. The Bertz CT molecular complexity index is 522. The summed E-state index contributed by atoms with van der Waals surface area (Å²) in [6.45, 7) is 10.1.